The van der Waals surface area contributed by atoms with E-state index >= 15 is 0 Å². The summed E-state index contributed by atoms with van der Waals surface area (Å²) in [5.74, 6) is 0.0736. The molecule has 5 N–H and O–H groups in total. The first-order valence-corrected chi connectivity index (χ1v) is 19.7. The fourth-order valence-corrected chi connectivity index (χ4v) is 7.84. The molecule has 0 spiro atoms. The molecular weight excluding hydrogens is 709 g/mol. The molecule has 0 bridgehead atoms. The van der Waals surface area contributed by atoms with Crippen molar-refractivity contribution < 1.29 is 33.6 Å². The highest BCUT2D eigenvalue weighted by atomic mass is 16.7. The molecule has 0 radical (unpaired) electrons. The van der Waals surface area contributed by atoms with Crippen LogP contribution in [0.3, 0.4) is 0 Å². The van der Waals surface area contributed by atoms with Crippen LogP contribution in [0.25, 0.3) is 0 Å². The van der Waals surface area contributed by atoms with Gasteiger partial charge in [-0.1, -0.05) is 60.7 Å². The first kappa shape index (κ1) is 39.5. The average Bonchev–Trinajstić information content (AvgIpc) is 3.26. The summed E-state index contributed by atoms with van der Waals surface area (Å²) >= 11 is 0. The van der Waals surface area contributed by atoms with E-state index in [0.29, 0.717) is 73.7 Å². The molecule has 0 aliphatic carbocycles. The number of likely N-dealkylation sites (tertiary alicyclic amines) is 2. The molecule has 3 heterocycles. The van der Waals surface area contributed by atoms with E-state index in [2.05, 4.69) is 36.4 Å². The van der Waals surface area contributed by atoms with E-state index < -0.39 is 11.4 Å². The molecule has 0 aromatic heterocycles. The minimum Gasteiger partial charge on any atom is -0.490 e. The van der Waals surface area contributed by atoms with Gasteiger partial charge in [-0.3, -0.25) is 9.59 Å². The van der Waals surface area contributed by atoms with Crippen molar-refractivity contribution in [2.75, 3.05) is 52.6 Å². The second-order valence-corrected chi connectivity index (χ2v) is 15.6. The van der Waals surface area contributed by atoms with Gasteiger partial charge in [0.25, 0.3) is 11.8 Å². The number of rotatable bonds is 12. The van der Waals surface area contributed by atoms with E-state index in [1.54, 1.807) is 30.3 Å². The highest BCUT2D eigenvalue weighted by Gasteiger charge is 2.42. The number of piperidine rings is 2. The van der Waals surface area contributed by atoms with Gasteiger partial charge in [0.1, 0.15) is 36.9 Å². The molecule has 2 amide bonds. The fraction of sp³-hybridized carbons (Fsp3) is 0.422. The van der Waals surface area contributed by atoms with Crippen LogP contribution in [0, 0.1) is 0 Å². The maximum absolute atomic E-state index is 13.4. The smallest absolute Gasteiger partial charge is 0.253 e. The SMILES string of the molecule is C[C@@]1(COc2cccc(C(=O)N3CCC(c4cccc(CN)c4)CC3)c2)CO[C@](O)(COc2cccc(C(=O)N3CCC(c4cccc(CN)c4)CC3)c2)CO1. The number of amides is 2. The zero-order valence-electron chi connectivity index (χ0n) is 32.2. The molecule has 7 rings (SSSR count). The molecule has 11 nitrogen and oxygen atoms in total. The second-order valence-electron chi connectivity index (χ2n) is 15.6. The van der Waals surface area contributed by atoms with Crippen molar-refractivity contribution in [1.29, 1.82) is 0 Å². The first-order chi connectivity index (χ1) is 27.1. The molecule has 3 aliphatic heterocycles. The number of hydrogen-bond donors (Lipinski definition) is 3. The van der Waals surface area contributed by atoms with Crippen LogP contribution >= 0.6 is 0 Å². The zero-order valence-corrected chi connectivity index (χ0v) is 32.2. The predicted molar refractivity (Wildman–Crippen MR) is 214 cm³/mol. The minimum absolute atomic E-state index is 0.0153. The Bertz CT molecular complexity index is 1820. The van der Waals surface area contributed by atoms with E-state index in [1.165, 1.54) is 11.1 Å². The Balaban J connectivity index is 0.854. The Morgan fingerprint density at radius 3 is 1.57 bits per heavy atom. The maximum atomic E-state index is 13.4. The Morgan fingerprint density at radius 1 is 0.661 bits per heavy atom. The van der Waals surface area contributed by atoms with Crippen LogP contribution < -0.4 is 20.9 Å². The van der Waals surface area contributed by atoms with Gasteiger partial charge in [-0.25, -0.2) is 0 Å². The van der Waals surface area contributed by atoms with Gasteiger partial charge in [0.15, 0.2) is 0 Å². The summed E-state index contributed by atoms with van der Waals surface area (Å²) < 4.78 is 24.0. The summed E-state index contributed by atoms with van der Waals surface area (Å²) in [7, 11) is 0. The molecule has 11 heteroatoms. The molecule has 3 aliphatic rings. The lowest BCUT2D eigenvalue weighted by Gasteiger charge is -2.41. The van der Waals surface area contributed by atoms with Crippen molar-refractivity contribution in [3.05, 3.63) is 130 Å². The number of carbonyl (C=O) groups excluding carboxylic acids is 2. The van der Waals surface area contributed by atoms with E-state index in [4.69, 9.17) is 30.4 Å². The lowest BCUT2D eigenvalue weighted by atomic mass is 9.88. The number of ether oxygens (including phenoxy) is 4. The zero-order chi connectivity index (χ0) is 39.1. The normalized spacial score (nSPS) is 22.1. The van der Waals surface area contributed by atoms with Crippen molar-refractivity contribution >= 4 is 11.8 Å². The Kier molecular flexibility index (Phi) is 12.4. The highest BCUT2D eigenvalue weighted by molar-refractivity contribution is 5.95. The van der Waals surface area contributed by atoms with Crippen LogP contribution in [0.2, 0.25) is 0 Å². The number of nitrogens with two attached hydrogens (primary N) is 2. The van der Waals surface area contributed by atoms with Crippen molar-refractivity contribution in [3.8, 4) is 11.5 Å². The molecule has 0 saturated carbocycles. The van der Waals surface area contributed by atoms with Crippen LogP contribution in [0.4, 0.5) is 0 Å². The van der Waals surface area contributed by atoms with Gasteiger partial charge in [0.05, 0.1) is 6.61 Å². The molecule has 56 heavy (non-hydrogen) atoms. The van der Waals surface area contributed by atoms with Crippen LogP contribution in [0.5, 0.6) is 11.5 Å². The summed E-state index contributed by atoms with van der Waals surface area (Å²) in [4.78, 5) is 30.7. The lowest BCUT2D eigenvalue weighted by molar-refractivity contribution is -0.322. The van der Waals surface area contributed by atoms with Crippen LogP contribution in [0.1, 0.15) is 87.4 Å². The number of hydrogen-bond acceptors (Lipinski definition) is 9. The molecule has 3 fully saturated rings. The molecule has 296 valence electrons. The summed E-state index contributed by atoms with van der Waals surface area (Å²) in [6.07, 6.45) is 3.59. The van der Waals surface area contributed by atoms with E-state index in [-0.39, 0.29) is 38.2 Å². The third kappa shape index (κ3) is 9.59. The van der Waals surface area contributed by atoms with Crippen molar-refractivity contribution in [2.24, 2.45) is 11.5 Å². The first-order valence-electron chi connectivity index (χ1n) is 19.7. The predicted octanol–water partition coefficient (Wildman–Crippen LogP) is 5.60. The van der Waals surface area contributed by atoms with Crippen LogP contribution in [-0.2, 0) is 22.6 Å². The highest BCUT2D eigenvalue weighted by Crippen LogP contribution is 2.32. The van der Waals surface area contributed by atoms with Crippen LogP contribution in [-0.4, -0.2) is 90.7 Å². The third-order valence-electron chi connectivity index (χ3n) is 11.3. The summed E-state index contributed by atoms with van der Waals surface area (Å²) in [6, 6.07) is 31.1. The number of nitrogens with zero attached hydrogens (tertiary/aromatic N) is 2. The Morgan fingerprint density at radius 2 is 1.12 bits per heavy atom. The van der Waals surface area contributed by atoms with Gasteiger partial charge in [-0.15, -0.1) is 0 Å². The van der Waals surface area contributed by atoms with E-state index in [9.17, 15) is 14.7 Å². The fourth-order valence-electron chi connectivity index (χ4n) is 7.84. The third-order valence-corrected chi connectivity index (χ3v) is 11.3. The average molecular weight is 763 g/mol. The van der Waals surface area contributed by atoms with Crippen LogP contribution in [0.15, 0.2) is 97.1 Å². The number of benzene rings is 4. The van der Waals surface area contributed by atoms with Gasteiger partial charge >= 0.3 is 0 Å². The Hall–Kier alpha value is -4.78. The molecule has 4 aromatic carbocycles. The second kappa shape index (κ2) is 17.6. The molecule has 2 atom stereocenters. The minimum atomic E-state index is -1.68. The quantitative estimate of drug-likeness (QED) is 0.168. The molecule has 3 saturated heterocycles. The van der Waals surface area contributed by atoms with Crippen molar-refractivity contribution in [1.82, 2.24) is 9.80 Å². The van der Waals surface area contributed by atoms with Gasteiger partial charge in [-0.2, -0.15) is 0 Å². The topological polar surface area (TPSA) is 150 Å². The number of aliphatic hydroxyl groups is 1. The monoisotopic (exact) mass is 762 g/mol. The summed E-state index contributed by atoms with van der Waals surface area (Å²) in [5.41, 5.74) is 16.8. The van der Waals surface area contributed by atoms with E-state index in [0.717, 1.165) is 36.8 Å². The largest absolute Gasteiger partial charge is 0.490 e. The standard InChI is InChI=1S/C45H54N4O7/c1-44(28-53-40-12-4-10-38(24-40)42(50)48-18-14-34(15-19-48)36-8-2-6-32(22-36)26-46)29-56-45(52,31-55-44)30-54-41-13-5-11-39(25-41)43(51)49-20-16-35(17-21-49)37-9-3-7-33(23-37)27-47/h2-13,22-25,34-35,52H,14-21,26-31,46-47H2,1H3/t44-,45-/m1/s1. The van der Waals surface area contributed by atoms with Gasteiger partial charge < -0.3 is 45.3 Å². The lowest BCUT2D eigenvalue weighted by Crippen LogP contribution is -2.57. The number of carbonyl (C=O) groups is 2. The molecule has 4 aromatic rings. The van der Waals surface area contributed by atoms with Crippen molar-refractivity contribution in [3.63, 3.8) is 0 Å². The molecular formula is C45H54N4O7. The Labute approximate surface area is 329 Å². The van der Waals surface area contributed by atoms with Gasteiger partial charge in [0.2, 0.25) is 5.79 Å². The maximum Gasteiger partial charge on any atom is 0.253 e. The van der Waals surface area contributed by atoms with Crippen molar-refractivity contribution in [2.45, 2.75) is 68.9 Å². The van der Waals surface area contributed by atoms with E-state index in [1.807, 2.05) is 47.1 Å². The van der Waals surface area contributed by atoms with Gasteiger partial charge in [0, 0.05) is 50.4 Å². The molecule has 0 unspecified atom stereocenters. The van der Waals surface area contributed by atoms with Gasteiger partial charge in [-0.05, 0) is 103 Å². The summed E-state index contributed by atoms with van der Waals surface area (Å²) in [5, 5.41) is 11.2. The summed E-state index contributed by atoms with van der Waals surface area (Å²) in [6.45, 7) is 5.49.